The number of aliphatic hydroxyl groups is 1. The number of ketones is 1. The second-order valence-corrected chi connectivity index (χ2v) is 1.81. The summed E-state index contributed by atoms with van der Waals surface area (Å²) in [6.45, 7) is 4.97. The number of aliphatic hydroxyl groups excluding tert-OH is 1. The van der Waals surface area contributed by atoms with Crippen LogP contribution >= 0.6 is 0 Å². The molecule has 0 aromatic rings. The highest BCUT2D eigenvalue weighted by Gasteiger charge is 1.84. The molecule has 0 radical (unpaired) electrons. The summed E-state index contributed by atoms with van der Waals surface area (Å²) in [7, 11) is 0. The lowest BCUT2D eigenvalue weighted by Crippen LogP contribution is -1.82. The van der Waals surface area contributed by atoms with Crippen molar-refractivity contribution in [3.8, 4) is 0 Å². The average molecular weight is 138 g/mol. The van der Waals surface area contributed by atoms with Crippen molar-refractivity contribution in [2.24, 2.45) is 0 Å². The molecule has 0 saturated carbocycles. The molecule has 0 aliphatic heterocycles. The van der Waals surface area contributed by atoms with Gasteiger partial charge in [-0.15, -0.1) is 0 Å². The van der Waals surface area contributed by atoms with Gasteiger partial charge in [0.25, 0.3) is 0 Å². The predicted molar refractivity (Wildman–Crippen MR) is 40.7 cm³/mol. The number of rotatable bonds is 3. The Kier molecular flexibility index (Phi) is 3.96. The Morgan fingerprint density at radius 2 is 2.10 bits per heavy atom. The second-order valence-electron chi connectivity index (χ2n) is 1.81. The largest absolute Gasteiger partial charge is 0.515 e. The average Bonchev–Trinajstić information content (AvgIpc) is 1.99. The summed E-state index contributed by atoms with van der Waals surface area (Å²) >= 11 is 0. The maximum atomic E-state index is 10.5. The third-order valence-electron chi connectivity index (χ3n) is 0.915. The van der Waals surface area contributed by atoms with E-state index in [1.54, 1.807) is 6.92 Å². The Morgan fingerprint density at radius 1 is 1.50 bits per heavy atom. The van der Waals surface area contributed by atoms with E-state index < -0.39 is 0 Å². The second kappa shape index (κ2) is 4.56. The number of carbonyl (C=O) groups is 1. The Bertz CT molecular complexity index is 183. The smallest absolute Gasteiger partial charge is 0.178 e. The van der Waals surface area contributed by atoms with Gasteiger partial charge in [0.1, 0.15) is 0 Å². The Labute approximate surface area is 60.2 Å². The molecule has 0 fully saturated rings. The van der Waals surface area contributed by atoms with E-state index >= 15 is 0 Å². The molecule has 0 aliphatic rings. The summed E-state index contributed by atoms with van der Waals surface area (Å²) in [5, 5.41) is 8.37. The number of hydrogen-bond donors (Lipinski definition) is 1. The lowest BCUT2D eigenvalue weighted by molar-refractivity contribution is -0.110. The molecule has 0 aromatic carbocycles. The van der Waals surface area contributed by atoms with E-state index in [0.717, 1.165) is 6.26 Å². The maximum absolute atomic E-state index is 10.5. The molecule has 0 saturated heterocycles. The first-order chi connectivity index (χ1) is 4.70. The minimum absolute atomic E-state index is 0.166. The lowest BCUT2D eigenvalue weighted by Gasteiger charge is -1.84. The maximum Gasteiger partial charge on any atom is 0.178 e. The number of carbonyl (C=O) groups excluding carboxylic acids is 1. The van der Waals surface area contributed by atoms with Crippen LogP contribution in [-0.4, -0.2) is 10.9 Å². The molecule has 10 heavy (non-hydrogen) atoms. The zero-order valence-electron chi connectivity index (χ0n) is 5.87. The molecule has 0 amide bonds. The highest BCUT2D eigenvalue weighted by Crippen LogP contribution is 1.92. The van der Waals surface area contributed by atoms with Crippen molar-refractivity contribution in [1.29, 1.82) is 0 Å². The van der Waals surface area contributed by atoms with Crippen molar-refractivity contribution in [2.75, 3.05) is 0 Å². The topological polar surface area (TPSA) is 37.3 Å². The van der Waals surface area contributed by atoms with Crippen molar-refractivity contribution in [3.63, 3.8) is 0 Å². The summed E-state index contributed by atoms with van der Waals surface area (Å²) in [6.07, 6.45) is 5.01. The first-order valence-corrected chi connectivity index (χ1v) is 2.86. The fourth-order valence-electron chi connectivity index (χ4n) is 0.325. The van der Waals surface area contributed by atoms with Crippen LogP contribution in [0.3, 0.4) is 0 Å². The molecular formula is C8H10O2. The fraction of sp³-hybridized carbons (Fsp3) is 0.125. The van der Waals surface area contributed by atoms with Gasteiger partial charge < -0.3 is 5.11 Å². The zero-order chi connectivity index (χ0) is 7.98. The van der Waals surface area contributed by atoms with Crippen LogP contribution in [-0.2, 0) is 4.79 Å². The Morgan fingerprint density at radius 3 is 2.50 bits per heavy atom. The minimum Gasteiger partial charge on any atom is -0.515 e. The van der Waals surface area contributed by atoms with Crippen molar-refractivity contribution in [2.45, 2.75) is 6.92 Å². The lowest BCUT2D eigenvalue weighted by atomic mass is 10.2. The van der Waals surface area contributed by atoms with Gasteiger partial charge in [0.2, 0.25) is 0 Å². The monoisotopic (exact) mass is 138 g/mol. The first-order valence-electron chi connectivity index (χ1n) is 2.86. The van der Waals surface area contributed by atoms with Crippen LogP contribution in [0.5, 0.6) is 0 Å². The molecular weight excluding hydrogens is 128 g/mol. The zero-order valence-corrected chi connectivity index (χ0v) is 5.87. The summed E-state index contributed by atoms with van der Waals surface area (Å²) in [4.78, 5) is 10.5. The van der Waals surface area contributed by atoms with E-state index in [4.69, 9.17) is 5.11 Å². The van der Waals surface area contributed by atoms with Crippen LogP contribution < -0.4 is 0 Å². The van der Waals surface area contributed by atoms with Gasteiger partial charge in [-0.05, 0) is 24.6 Å². The third-order valence-corrected chi connectivity index (χ3v) is 0.915. The molecule has 2 nitrogen and oxygen atoms in total. The van der Waals surface area contributed by atoms with E-state index in [-0.39, 0.29) is 5.78 Å². The van der Waals surface area contributed by atoms with Gasteiger partial charge in [-0.25, -0.2) is 0 Å². The molecule has 54 valence electrons. The number of hydrogen-bond acceptors (Lipinski definition) is 2. The van der Waals surface area contributed by atoms with Gasteiger partial charge in [0.05, 0.1) is 6.26 Å². The molecule has 0 rings (SSSR count). The van der Waals surface area contributed by atoms with Gasteiger partial charge in [-0.2, -0.15) is 0 Å². The van der Waals surface area contributed by atoms with E-state index in [1.807, 2.05) is 0 Å². The van der Waals surface area contributed by atoms with Crippen LogP contribution in [0.4, 0.5) is 0 Å². The molecule has 0 bridgehead atoms. The van der Waals surface area contributed by atoms with Gasteiger partial charge in [0.15, 0.2) is 5.78 Å². The van der Waals surface area contributed by atoms with Crippen LogP contribution in [0.2, 0.25) is 0 Å². The normalized spacial score (nSPS) is 11.9. The Hall–Kier alpha value is -1.31. The molecule has 0 atom stereocenters. The van der Waals surface area contributed by atoms with Crippen LogP contribution in [0.1, 0.15) is 6.92 Å². The van der Waals surface area contributed by atoms with Crippen molar-refractivity contribution >= 4 is 5.78 Å². The minimum atomic E-state index is -0.166. The highest BCUT2D eigenvalue weighted by atomic mass is 16.2. The van der Waals surface area contributed by atoms with Crippen LogP contribution in [0, 0.1) is 0 Å². The quantitative estimate of drug-likeness (QED) is 0.366. The van der Waals surface area contributed by atoms with Crippen molar-refractivity contribution in [1.82, 2.24) is 0 Å². The Balaban J connectivity index is 4.00. The number of allylic oxidation sites excluding steroid dienone is 4. The summed E-state index contributed by atoms with van der Waals surface area (Å²) < 4.78 is 0. The van der Waals surface area contributed by atoms with Gasteiger partial charge in [-0.3, -0.25) is 4.79 Å². The standard InChI is InChI=1S/C8H10O2/c1-3-8(10)5-4-7(2)6-9/h3-6,9H,1H2,2H3. The van der Waals surface area contributed by atoms with Crippen molar-refractivity contribution < 1.29 is 9.90 Å². The van der Waals surface area contributed by atoms with Gasteiger partial charge in [-0.1, -0.05) is 12.7 Å². The van der Waals surface area contributed by atoms with E-state index in [1.165, 1.54) is 18.2 Å². The summed E-state index contributed by atoms with van der Waals surface area (Å²) in [6, 6.07) is 0. The molecule has 0 aromatic heterocycles. The summed E-state index contributed by atoms with van der Waals surface area (Å²) in [5.74, 6) is -0.166. The molecule has 0 heterocycles. The predicted octanol–water partition coefficient (Wildman–Crippen LogP) is 1.76. The SMILES string of the molecule is C=CC(=O)C=CC(C)=CO. The molecule has 1 N–H and O–H groups in total. The molecule has 2 heteroatoms. The molecule has 0 aliphatic carbocycles. The van der Waals surface area contributed by atoms with E-state index in [0.29, 0.717) is 5.57 Å². The third kappa shape index (κ3) is 3.66. The summed E-state index contributed by atoms with van der Waals surface area (Å²) in [5.41, 5.74) is 0.634. The first kappa shape index (κ1) is 8.69. The highest BCUT2D eigenvalue weighted by molar-refractivity contribution is 5.98. The van der Waals surface area contributed by atoms with Crippen LogP contribution in [0.25, 0.3) is 0 Å². The molecule has 0 unspecified atom stereocenters. The van der Waals surface area contributed by atoms with E-state index in [2.05, 4.69) is 6.58 Å². The van der Waals surface area contributed by atoms with E-state index in [9.17, 15) is 4.79 Å². The molecule has 0 spiro atoms. The van der Waals surface area contributed by atoms with Crippen molar-refractivity contribution in [3.05, 3.63) is 36.6 Å². The fourth-order valence-corrected chi connectivity index (χ4v) is 0.325. The van der Waals surface area contributed by atoms with Gasteiger partial charge >= 0.3 is 0 Å². The van der Waals surface area contributed by atoms with Gasteiger partial charge in [0, 0.05) is 0 Å². The van der Waals surface area contributed by atoms with Crippen LogP contribution in [0.15, 0.2) is 36.6 Å².